The lowest BCUT2D eigenvalue weighted by Crippen LogP contribution is -2.15. The molecule has 0 N–H and O–H groups in total. The molecule has 5 heteroatoms. The van der Waals surface area contributed by atoms with Crippen LogP contribution >= 0.6 is 0 Å². The van der Waals surface area contributed by atoms with Crippen molar-refractivity contribution in [1.29, 1.82) is 0 Å². The Morgan fingerprint density at radius 2 is 1.94 bits per heavy atom. The predicted molar refractivity (Wildman–Crippen MR) is 56.7 cm³/mol. The zero-order valence-corrected chi connectivity index (χ0v) is 8.66. The highest BCUT2D eigenvalue weighted by Crippen LogP contribution is 2.25. The Bertz CT molecular complexity index is 558. The fraction of sp³-hybridized carbons (Fsp3) is 0.167. The molecule has 0 amide bonds. The first-order chi connectivity index (χ1) is 7.97. The lowest BCUT2D eigenvalue weighted by molar-refractivity contribution is -0.125. The maximum atomic E-state index is 12.2. The van der Waals surface area contributed by atoms with Crippen LogP contribution in [0.2, 0.25) is 0 Å². The number of carbonyl (C=O) groups excluding carboxylic acids is 1. The molecule has 0 bridgehead atoms. The molecule has 0 atom stereocenters. The van der Waals surface area contributed by atoms with Gasteiger partial charge in [-0.1, -0.05) is 18.2 Å². The number of Topliss-reactive ketones (excluding diaryl/α,β-unsaturated/α-hetero) is 1. The Morgan fingerprint density at radius 1 is 1.18 bits per heavy atom. The van der Waals surface area contributed by atoms with Gasteiger partial charge in [0.15, 0.2) is 5.78 Å². The molecule has 0 aliphatic carbocycles. The minimum atomic E-state index is -4.48. The topological polar surface area (TPSA) is 30.0 Å². The number of nitrogens with zero attached hydrogens (tertiary/aromatic N) is 1. The molecule has 2 rings (SSSR count). The van der Waals surface area contributed by atoms with Gasteiger partial charge in [0.05, 0.1) is 5.52 Å². The van der Waals surface area contributed by atoms with Gasteiger partial charge in [-0.25, -0.2) is 0 Å². The molecule has 1 aromatic carbocycles. The first kappa shape index (κ1) is 11.6. The molecule has 1 aromatic heterocycles. The number of carbonyl (C=O) groups is 1. The average molecular weight is 239 g/mol. The first-order valence-electron chi connectivity index (χ1n) is 4.91. The van der Waals surface area contributed by atoms with Crippen molar-refractivity contribution in [1.82, 2.24) is 4.98 Å². The molecule has 0 aliphatic rings. The Labute approximate surface area is 95.1 Å². The number of pyridine rings is 1. The fourth-order valence-corrected chi connectivity index (χ4v) is 1.62. The molecule has 0 unspecified atom stereocenters. The minimum absolute atomic E-state index is 0.0629. The summed E-state index contributed by atoms with van der Waals surface area (Å²) in [5, 5.41) is 0.448. The highest BCUT2D eigenvalue weighted by atomic mass is 19.4. The summed E-state index contributed by atoms with van der Waals surface area (Å²) in [5.41, 5.74) is 0.577. The fourth-order valence-electron chi connectivity index (χ4n) is 1.62. The SMILES string of the molecule is O=C(CC(F)(F)F)c1cccc2ncccc12. The van der Waals surface area contributed by atoms with E-state index in [1.165, 1.54) is 18.3 Å². The van der Waals surface area contributed by atoms with Gasteiger partial charge in [0.2, 0.25) is 0 Å². The Balaban J connectivity index is 2.45. The van der Waals surface area contributed by atoms with Gasteiger partial charge in [0.25, 0.3) is 0 Å². The molecule has 0 saturated carbocycles. The van der Waals surface area contributed by atoms with Crippen LogP contribution < -0.4 is 0 Å². The molecule has 0 radical (unpaired) electrons. The highest BCUT2D eigenvalue weighted by Gasteiger charge is 2.32. The third-order valence-electron chi connectivity index (χ3n) is 2.31. The summed E-state index contributed by atoms with van der Waals surface area (Å²) in [5.74, 6) is -0.934. The molecular weight excluding hydrogens is 231 g/mol. The molecule has 0 aliphatic heterocycles. The third-order valence-corrected chi connectivity index (χ3v) is 2.31. The zero-order chi connectivity index (χ0) is 12.5. The van der Waals surface area contributed by atoms with Crippen LogP contribution in [0.15, 0.2) is 36.5 Å². The molecule has 2 nitrogen and oxygen atoms in total. The van der Waals surface area contributed by atoms with Gasteiger partial charge >= 0.3 is 6.18 Å². The van der Waals surface area contributed by atoms with E-state index in [1.807, 2.05) is 0 Å². The van der Waals surface area contributed by atoms with Crippen molar-refractivity contribution in [3.8, 4) is 0 Å². The summed E-state index contributed by atoms with van der Waals surface area (Å²) < 4.78 is 36.5. The standard InChI is InChI=1S/C12H8F3NO/c13-12(14,15)7-11(17)9-3-1-5-10-8(9)4-2-6-16-10/h1-6H,7H2. The van der Waals surface area contributed by atoms with Crippen molar-refractivity contribution in [2.24, 2.45) is 0 Å². The van der Waals surface area contributed by atoms with Crippen LogP contribution in [-0.4, -0.2) is 16.9 Å². The van der Waals surface area contributed by atoms with Gasteiger partial charge < -0.3 is 0 Å². The number of fused-ring (bicyclic) bond motifs is 1. The van der Waals surface area contributed by atoms with E-state index < -0.39 is 18.4 Å². The lowest BCUT2D eigenvalue weighted by atomic mass is 10.0. The van der Waals surface area contributed by atoms with Crippen molar-refractivity contribution >= 4 is 16.7 Å². The smallest absolute Gasteiger partial charge is 0.294 e. The molecule has 0 saturated heterocycles. The number of benzene rings is 1. The summed E-state index contributed by atoms with van der Waals surface area (Å²) >= 11 is 0. The molecule has 88 valence electrons. The normalized spacial score (nSPS) is 11.7. The van der Waals surface area contributed by atoms with Crippen molar-refractivity contribution in [2.45, 2.75) is 12.6 Å². The zero-order valence-electron chi connectivity index (χ0n) is 8.66. The van der Waals surface area contributed by atoms with Crippen molar-refractivity contribution in [2.75, 3.05) is 0 Å². The van der Waals surface area contributed by atoms with Crippen LogP contribution in [-0.2, 0) is 0 Å². The summed E-state index contributed by atoms with van der Waals surface area (Å²) in [6, 6.07) is 7.75. The lowest BCUT2D eigenvalue weighted by Gasteiger charge is -2.07. The van der Waals surface area contributed by atoms with Crippen LogP contribution in [0, 0.1) is 0 Å². The number of ketones is 1. The van der Waals surface area contributed by atoms with Crippen LogP contribution in [0.1, 0.15) is 16.8 Å². The Kier molecular flexibility index (Phi) is 2.83. The maximum absolute atomic E-state index is 12.2. The van der Waals surface area contributed by atoms with E-state index in [2.05, 4.69) is 4.98 Å². The van der Waals surface area contributed by atoms with E-state index in [-0.39, 0.29) is 5.56 Å². The second-order valence-corrected chi connectivity index (χ2v) is 3.59. The van der Waals surface area contributed by atoms with Crippen LogP contribution in [0.5, 0.6) is 0 Å². The van der Waals surface area contributed by atoms with E-state index in [0.29, 0.717) is 10.9 Å². The van der Waals surface area contributed by atoms with Crippen LogP contribution in [0.3, 0.4) is 0 Å². The molecule has 2 aromatic rings. The third kappa shape index (κ3) is 2.61. The van der Waals surface area contributed by atoms with E-state index in [4.69, 9.17) is 0 Å². The second kappa shape index (κ2) is 4.16. The second-order valence-electron chi connectivity index (χ2n) is 3.59. The number of aromatic nitrogens is 1. The van der Waals surface area contributed by atoms with E-state index in [1.54, 1.807) is 18.2 Å². The Hall–Kier alpha value is -1.91. The number of rotatable bonds is 2. The van der Waals surface area contributed by atoms with Gasteiger partial charge in [-0.05, 0) is 12.1 Å². The minimum Gasteiger partial charge on any atom is -0.294 e. The Morgan fingerprint density at radius 3 is 2.65 bits per heavy atom. The molecule has 17 heavy (non-hydrogen) atoms. The van der Waals surface area contributed by atoms with Gasteiger partial charge in [0.1, 0.15) is 6.42 Å². The molecule has 1 heterocycles. The highest BCUT2D eigenvalue weighted by molar-refractivity contribution is 6.07. The van der Waals surface area contributed by atoms with Crippen LogP contribution in [0.25, 0.3) is 10.9 Å². The van der Waals surface area contributed by atoms with E-state index in [9.17, 15) is 18.0 Å². The number of alkyl halides is 3. The quantitative estimate of drug-likeness (QED) is 0.752. The van der Waals surface area contributed by atoms with Crippen molar-refractivity contribution < 1.29 is 18.0 Å². The molecule has 0 spiro atoms. The van der Waals surface area contributed by atoms with Gasteiger partial charge in [0, 0.05) is 17.1 Å². The van der Waals surface area contributed by atoms with E-state index in [0.717, 1.165) is 0 Å². The largest absolute Gasteiger partial charge is 0.396 e. The summed E-state index contributed by atoms with van der Waals surface area (Å²) in [6.07, 6.45) is -4.40. The van der Waals surface area contributed by atoms with Gasteiger partial charge in [-0.2, -0.15) is 13.2 Å². The van der Waals surface area contributed by atoms with Crippen LogP contribution in [0.4, 0.5) is 13.2 Å². The number of hydrogen-bond acceptors (Lipinski definition) is 2. The van der Waals surface area contributed by atoms with Gasteiger partial charge in [-0.15, -0.1) is 0 Å². The summed E-state index contributed by atoms with van der Waals surface area (Å²) in [4.78, 5) is 15.5. The van der Waals surface area contributed by atoms with Crippen molar-refractivity contribution in [3.05, 3.63) is 42.1 Å². The monoisotopic (exact) mass is 239 g/mol. The summed E-state index contributed by atoms with van der Waals surface area (Å²) in [6.45, 7) is 0. The molecule has 0 fully saturated rings. The predicted octanol–water partition coefficient (Wildman–Crippen LogP) is 3.37. The summed E-state index contributed by atoms with van der Waals surface area (Å²) in [7, 11) is 0. The first-order valence-corrected chi connectivity index (χ1v) is 4.91. The van der Waals surface area contributed by atoms with Crippen molar-refractivity contribution in [3.63, 3.8) is 0 Å². The van der Waals surface area contributed by atoms with Gasteiger partial charge in [-0.3, -0.25) is 9.78 Å². The number of hydrogen-bond donors (Lipinski definition) is 0. The maximum Gasteiger partial charge on any atom is 0.396 e. The average Bonchev–Trinajstić information content (AvgIpc) is 2.26. The van der Waals surface area contributed by atoms with E-state index >= 15 is 0 Å². The number of halogens is 3. The molecular formula is C12H8F3NO.